The second-order valence-electron chi connectivity index (χ2n) is 4.60. The summed E-state index contributed by atoms with van der Waals surface area (Å²) in [5, 5.41) is 7.07. The maximum Gasteiger partial charge on any atom is 0.287 e. The summed E-state index contributed by atoms with van der Waals surface area (Å²) < 4.78 is 12.2. The van der Waals surface area contributed by atoms with Gasteiger partial charge in [0, 0.05) is 19.3 Å². The van der Waals surface area contributed by atoms with E-state index < -0.39 is 0 Å². The van der Waals surface area contributed by atoms with Crippen molar-refractivity contribution in [2.75, 3.05) is 20.3 Å². The molecular weight excluding hydrogens is 258 g/mol. The number of nitrogens with zero attached hydrogens (tertiary/aromatic N) is 2. The minimum atomic E-state index is -0.235. The molecule has 1 amide bonds. The quantitative estimate of drug-likeness (QED) is 0.813. The van der Waals surface area contributed by atoms with Gasteiger partial charge in [0.1, 0.15) is 5.76 Å². The topological polar surface area (TPSA) is 69.3 Å². The number of furan rings is 1. The molecule has 20 heavy (non-hydrogen) atoms. The van der Waals surface area contributed by atoms with Gasteiger partial charge in [0.05, 0.1) is 18.8 Å². The Morgan fingerprint density at radius 1 is 1.45 bits per heavy atom. The standard InChI is InChI=1S/C14H19N3O3/c1-10-8-11(2)17(16-10)9-12-4-5-13(20-12)14(18)15-6-7-19-3/h4-5,8H,6-7,9H2,1-3H3,(H,15,18). The van der Waals surface area contributed by atoms with Crippen molar-refractivity contribution in [1.82, 2.24) is 15.1 Å². The number of carbonyl (C=O) groups is 1. The monoisotopic (exact) mass is 277 g/mol. The Morgan fingerprint density at radius 2 is 2.25 bits per heavy atom. The molecule has 6 heteroatoms. The van der Waals surface area contributed by atoms with Gasteiger partial charge in [0.15, 0.2) is 5.76 Å². The molecular formula is C14H19N3O3. The minimum Gasteiger partial charge on any atom is -0.454 e. The molecule has 2 heterocycles. The van der Waals surface area contributed by atoms with Gasteiger partial charge in [-0.05, 0) is 32.0 Å². The molecule has 108 valence electrons. The van der Waals surface area contributed by atoms with E-state index in [2.05, 4.69) is 10.4 Å². The van der Waals surface area contributed by atoms with Crippen molar-refractivity contribution in [3.8, 4) is 0 Å². The lowest BCUT2D eigenvalue weighted by molar-refractivity contribution is 0.0907. The van der Waals surface area contributed by atoms with Crippen molar-refractivity contribution in [1.29, 1.82) is 0 Å². The van der Waals surface area contributed by atoms with Crippen LogP contribution in [0.2, 0.25) is 0 Å². The fourth-order valence-electron chi connectivity index (χ4n) is 1.92. The van der Waals surface area contributed by atoms with Crippen LogP contribution in [0.3, 0.4) is 0 Å². The van der Waals surface area contributed by atoms with Crippen molar-refractivity contribution < 1.29 is 13.9 Å². The van der Waals surface area contributed by atoms with Crippen molar-refractivity contribution in [3.05, 3.63) is 41.1 Å². The number of rotatable bonds is 6. The Kier molecular flexibility index (Phi) is 4.57. The molecule has 0 unspecified atom stereocenters. The molecule has 0 aliphatic rings. The first kappa shape index (κ1) is 14.3. The normalized spacial score (nSPS) is 10.8. The number of methoxy groups -OCH3 is 1. The number of carbonyl (C=O) groups excluding carboxylic acids is 1. The summed E-state index contributed by atoms with van der Waals surface area (Å²) in [4.78, 5) is 11.8. The van der Waals surface area contributed by atoms with Crippen LogP contribution in [0.5, 0.6) is 0 Å². The molecule has 0 bridgehead atoms. The Balaban J connectivity index is 1.98. The number of ether oxygens (including phenoxy) is 1. The predicted octanol–water partition coefficient (Wildman–Crippen LogP) is 1.52. The zero-order valence-electron chi connectivity index (χ0n) is 12.0. The van der Waals surface area contributed by atoms with Crippen LogP contribution in [0, 0.1) is 13.8 Å². The van der Waals surface area contributed by atoms with E-state index in [1.165, 1.54) is 0 Å². The van der Waals surface area contributed by atoms with Crippen LogP contribution < -0.4 is 5.32 Å². The summed E-state index contributed by atoms with van der Waals surface area (Å²) in [5.41, 5.74) is 2.02. The van der Waals surface area contributed by atoms with Gasteiger partial charge in [-0.15, -0.1) is 0 Å². The maximum atomic E-state index is 11.8. The van der Waals surface area contributed by atoms with E-state index in [4.69, 9.17) is 9.15 Å². The summed E-state index contributed by atoms with van der Waals surface area (Å²) in [6.45, 7) is 5.39. The molecule has 6 nitrogen and oxygen atoms in total. The van der Waals surface area contributed by atoms with Gasteiger partial charge < -0.3 is 14.5 Å². The number of aromatic nitrogens is 2. The first-order chi connectivity index (χ1) is 9.60. The van der Waals surface area contributed by atoms with E-state index in [0.29, 0.717) is 31.2 Å². The lowest BCUT2D eigenvalue weighted by atomic mass is 10.4. The first-order valence-corrected chi connectivity index (χ1v) is 6.47. The fraction of sp³-hybridized carbons (Fsp3) is 0.429. The van der Waals surface area contributed by atoms with Crippen LogP contribution in [0.4, 0.5) is 0 Å². The molecule has 0 saturated carbocycles. The van der Waals surface area contributed by atoms with E-state index in [1.54, 1.807) is 19.2 Å². The van der Waals surface area contributed by atoms with E-state index in [1.807, 2.05) is 24.6 Å². The third-order valence-electron chi connectivity index (χ3n) is 2.89. The number of aryl methyl sites for hydroxylation is 2. The Labute approximate surface area is 117 Å². The Hall–Kier alpha value is -2.08. The molecule has 0 fully saturated rings. The van der Waals surface area contributed by atoms with E-state index in [9.17, 15) is 4.79 Å². The minimum absolute atomic E-state index is 0.235. The van der Waals surface area contributed by atoms with Crippen LogP contribution in [-0.4, -0.2) is 35.9 Å². The van der Waals surface area contributed by atoms with Gasteiger partial charge in [-0.25, -0.2) is 0 Å². The Bertz CT molecular complexity index is 586. The molecule has 0 aliphatic carbocycles. The van der Waals surface area contributed by atoms with Gasteiger partial charge in [0.25, 0.3) is 5.91 Å². The molecule has 1 N–H and O–H groups in total. The van der Waals surface area contributed by atoms with E-state index in [-0.39, 0.29) is 5.91 Å². The lowest BCUT2D eigenvalue weighted by Crippen LogP contribution is -2.26. The van der Waals surface area contributed by atoms with Gasteiger partial charge in [-0.1, -0.05) is 0 Å². The average Bonchev–Trinajstić information content (AvgIpc) is 2.98. The number of amides is 1. The average molecular weight is 277 g/mol. The summed E-state index contributed by atoms with van der Waals surface area (Å²) in [5.74, 6) is 0.771. The van der Waals surface area contributed by atoms with Gasteiger partial charge in [-0.2, -0.15) is 5.10 Å². The zero-order valence-corrected chi connectivity index (χ0v) is 12.0. The van der Waals surface area contributed by atoms with Crippen LogP contribution >= 0.6 is 0 Å². The predicted molar refractivity (Wildman–Crippen MR) is 73.7 cm³/mol. The number of hydrogen-bond acceptors (Lipinski definition) is 4. The molecule has 0 spiro atoms. The number of hydrogen-bond donors (Lipinski definition) is 1. The summed E-state index contributed by atoms with van der Waals surface area (Å²) in [7, 11) is 1.59. The highest BCUT2D eigenvalue weighted by molar-refractivity contribution is 5.91. The van der Waals surface area contributed by atoms with Gasteiger partial charge in [-0.3, -0.25) is 9.48 Å². The summed E-state index contributed by atoms with van der Waals surface area (Å²) in [6, 6.07) is 5.46. The molecule has 0 aliphatic heterocycles. The van der Waals surface area contributed by atoms with Crippen molar-refractivity contribution >= 4 is 5.91 Å². The number of nitrogens with one attached hydrogen (secondary N) is 1. The van der Waals surface area contributed by atoms with Gasteiger partial charge in [0.2, 0.25) is 0 Å². The highest BCUT2D eigenvalue weighted by atomic mass is 16.5. The van der Waals surface area contributed by atoms with Crippen LogP contribution in [-0.2, 0) is 11.3 Å². The highest BCUT2D eigenvalue weighted by Crippen LogP contribution is 2.11. The summed E-state index contributed by atoms with van der Waals surface area (Å²) >= 11 is 0. The molecule has 0 aromatic carbocycles. The molecule has 2 rings (SSSR count). The SMILES string of the molecule is COCCNC(=O)c1ccc(Cn2nc(C)cc2C)o1. The van der Waals surface area contributed by atoms with Crippen molar-refractivity contribution in [3.63, 3.8) is 0 Å². The van der Waals surface area contributed by atoms with Crippen molar-refractivity contribution in [2.45, 2.75) is 20.4 Å². The lowest BCUT2D eigenvalue weighted by Gasteiger charge is -2.02. The Morgan fingerprint density at radius 3 is 2.90 bits per heavy atom. The fourth-order valence-corrected chi connectivity index (χ4v) is 1.92. The van der Waals surface area contributed by atoms with E-state index >= 15 is 0 Å². The highest BCUT2D eigenvalue weighted by Gasteiger charge is 2.11. The van der Waals surface area contributed by atoms with Crippen molar-refractivity contribution in [2.24, 2.45) is 0 Å². The zero-order chi connectivity index (χ0) is 14.5. The van der Waals surface area contributed by atoms with E-state index in [0.717, 1.165) is 11.4 Å². The second-order valence-corrected chi connectivity index (χ2v) is 4.60. The molecule has 2 aromatic rings. The second kappa shape index (κ2) is 6.38. The van der Waals surface area contributed by atoms with Crippen LogP contribution in [0.25, 0.3) is 0 Å². The molecule has 2 aromatic heterocycles. The smallest absolute Gasteiger partial charge is 0.287 e. The largest absolute Gasteiger partial charge is 0.454 e. The van der Waals surface area contributed by atoms with Gasteiger partial charge >= 0.3 is 0 Å². The molecule has 0 atom stereocenters. The molecule has 0 saturated heterocycles. The first-order valence-electron chi connectivity index (χ1n) is 6.47. The maximum absolute atomic E-state index is 11.8. The van der Waals surface area contributed by atoms with Crippen LogP contribution in [0.1, 0.15) is 27.7 Å². The third-order valence-corrected chi connectivity index (χ3v) is 2.89. The third kappa shape index (κ3) is 3.48. The van der Waals surface area contributed by atoms with Crippen LogP contribution in [0.15, 0.2) is 22.6 Å². The molecule has 0 radical (unpaired) electrons. The summed E-state index contributed by atoms with van der Waals surface area (Å²) in [6.07, 6.45) is 0.